The molecule has 1 atom stereocenters. The van der Waals surface area contributed by atoms with Crippen LogP contribution in [0.15, 0.2) is 66.6 Å². The first kappa shape index (κ1) is 19.1. The van der Waals surface area contributed by atoms with Crippen molar-refractivity contribution in [2.24, 2.45) is 0 Å². The second kappa shape index (κ2) is 8.83. The number of allylic oxidation sites excluding steroid dienone is 1. The minimum Gasteiger partial charge on any atom is -0.325 e. The summed E-state index contributed by atoms with van der Waals surface area (Å²) >= 11 is 7.22. The summed E-state index contributed by atoms with van der Waals surface area (Å²) in [5.74, 6) is 0.589. The lowest BCUT2D eigenvalue weighted by Gasteiger charge is -2.13. The van der Waals surface area contributed by atoms with Gasteiger partial charge in [-0.3, -0.25) is 14.3 Å². The van der Waals surface area contributed by atoms with Crippen molar-refractivity contribution in [2.75, 3.05) is 5.32 Å². The minimum absolute atomic E-state index is 0.124. The van der Waals surface area contributed by atoms with Gasteiger partial charge in [-0.2, -0.15) is 0 Å². The fourth-order valence-corrected chi connectivity index (χ4v) is 3.36. The van der Waals surface area contributed by atoms with E-state index in [1.54, 1.807) is 42.7 Å². The second-order valence-electron chi connectivity index (χ2n) is 5.70. The van der Waals surface area contributed by atoms with Crippen molar-refractivity contribution in [1.82, 2.24) is 19.7 Å². The summed E-state index contributed by atoms with van der Waals surface area (Å²) < 4.78 is 1.93. The zero-order valence-corrected chi connectivity index (χ0v) is 16.2. The first-order valence-corrected chi connectivity index (χ1v) is 9.52. The third-order valence-electron chi connectivity index (χ3n) is 3.73. The Morgan fingerprint density at radius 3 is 2.63 bits per heavy atom. The van der Waals surface area contributed by atoms with E-state index < -0.39 is 0 Å². The van der Waals surface area contributed by atoms with E-state index in [1.165, 1.54) is 11.8 Å². The number of aromatic nitrogens is 4. The number of hydrogen-bond donors (Lipinski definition) is 1. The molecule has 2 aromatic heterocycles. The number of rotatable bonds is 7. The van der Waals surface area contributed by atoms with Gasteiger partial charge in [0.2, 0.25) is 5.91 Å². The summed E-state index contributed by atoms with van der Waals surface area (Å²) in [7, 11) is 0. The Labute approximate surface area is 166 Å². The van der Waals surface area contributed by atoms with E-state index in [0.29, 0.717) is 28.2 Å². The number of nitrogens with zero attached hydrogens (tertiary/aromatic N) is 4. The van der Waals surface area contributed by atoms with E-state index in [9.17, 15) is 4.79 Å². The van der Waals surface area contributed by atoms with Crippen molar-refractivity contribution in [2.45, 2.75) is 23.9 Å². The van der Waals surface area contributed by atoms with Crippen LogP contribution < -0.4 is 5.32 Å². The normalized spacial score (nSPS) is 11.8. The lowest BCUT2D eigenvalue weighted by Crippen LogP contribution is -2.22. The van der Waals surface area contributed by atoms with Crippen LogP contribution in [0.4, 0.5) is 5.69 Å². The summed E-state index contributed by atoms with van der Waals surface area (Å²) in [5.41, 5.74) is 1.60. The van der Waals surface area contributed by atoms with Gasteiger partial charge < -0.3 is 5.32 Å². The molecule has 27 heavy (non-hydrogen) atoms. The van der Waals surface area contributed by atoms with Gasteiger partial charge in [-0.05, 0) is 43.3 Å². The van der Waals surface area contributed by atoms with Crippen LogP contribution in [-0.4, -0.2) is 30.9 Å². The standard InChI is InChI=1S/C19H18ClN5OS/c1-3-12-25-17(14-8-10-21-11-9-14)23-24-19(25)27-13(2)18(26)22-16-6-4-15(20)5-7-16/h3-11,13H,1,12H2,2H3,(H,22,26). The van der Waals surface area contributed by atoms with Gasteiger partial charge in [-0.15, -0.1) is 16.8 Å². The number of pyridine rings is 1. The molecule has 3 aromatic rings. The van der Waals surface area contributed by atoms with Crippen LogP contribution in [0.3, 0.4) is 0 Å². The molecule has 1 aromatic carbocycles. The van der Waals surface area contributed by atoms with E-state index in [4.69, 9.17) is 11.6 Å². The second-order valence-corrected chi connectivity index (χ2v) is 7.44. The lowest BCUT2D eigenvalue weighted by atomic mass is 10.2. The highest BCUT2D eigenvalue weighted by atomic mass is 35.5. The maximum absolute atomic E-state index is 12.5. The maximum Gasteiger partial charge on any atom is 0.237 e. The first-order chi connectivity index (χ1) is 13.1. The number of hydrogen-bond acceptors (Lipinski definition) is 5. The molecule has 0 aliphatic heterocycles. The highest BCUT2D eigenvalue weighted by molar-refractivity contribution is 8.00. The molecule has 0 aliphatic rings. The molecule has 0 bridgehead atoms. The van der Waals surface area contributed by atoms with Gasteiger partial charge in [-0.1, -0.05) is 29.4 Å². The van der Waals surface area contributed by atoms with Crippen molar-refractivity contribution in [1.29, 1.82) is 0 Å². The van der Waals surface area contributed by atoms with Gasteiger partial charge in [0.1, 0.15) is 0 Å². The van der Waals surface area contributed by atoms with Gasteiger partial charge >= 0.3 is 0 Å². The number of nitrogens with one attached hydrogen (secondary N) is 1. The van der Waals surface area contributed by atoms with Crippen LogP contribution in [0.1, 0.15) is 6.92 Å². The minimum atomic E-state index is -0.362. The van der Waals surface area contributed by atoms with Crippen molar-refractivity contribution in [3.05, 3.63) is 66.5 Å². The fourth-order valence-electron chi connectivity index (χ4n) is 2.37. The van der Waals surface area contributed by atoms with Crippen molar-refractivity contribution in [3.8, 4) is 11.4 Å². The number of thioether (sulfide) groups is 1. The van der Waals surface area contributed by atoms with Gasteiger partial charge in [-0.25, -0.2) is 0 Å². The van der Waals surface area contributed by atoms with Crippen molar-refractivity contribution in [3.63, 3.8) is 0 Å². The number of carbonyl (C=O) groups is 1. The Morgan fingerprint density at radius 1 is 1.26 bits per heavy atom. The third kappa shape index (κ3) is 4.75. The molecule has 0 saturated carbocycles. The first-order valence-electron chi connectivity index (χ1n) is 8.26. The van der Waals surface area contributed by atoms with Gasteiger partial charge in [0.25, 0.3) is 0 Å². The molecule has 0 fully saturated rings. The van der Waals surface area contributed by atoms with Crippen LogP contribution in [0.5, 0.6) is 0 Å². The van der Waals surface area contributed by atoms with E-state index in [-0.39, 0.29) is 11.2 Å². The highest BCUT2D eigenvalue weighted by Gasteiger charge is 2.20. The van der Waals surface area contributed by atoms with E-state index in [0.717, 1.165) is 5.56 Å². The van der Waals surface area contributed by atoms with Crippen LogP contribution in [0.25, 0.3) is 11.4 Å². The fraction of sp³-hybridized carbons (Fsp3) is 0.158. The molecule has 1 unspecified atom stereocenters. The molecule has 3 rings (SSSR count). The molecule has 0 spiro atoms. The van der Waals surface area contributed by atoms with Crippen LogP contribution >= 0.6 is 23.4 Å². The van der Waals surface area contributed by atoms with Crippen molar-refractivity contribution >= 4 is 35.0 Å². The molecular formula is C19H18ClN5OS. The third-order valence-corrected chi connectivity index (χ3v) is 5.06. The van der Waals surface area contributed by atoms with Gasteiger partial charge in [0.15, 0.2) is 11.0 Å². The number of anilines is 1. The largest absolute Gasteiger partial charge is 0.325 e. The Hall–Kier alpha value is -2.64. The average Bonchev–Trinajstić information content (AvgIpc) is 3.07. The van der Waals surface area contributed by atoms with E-state index >= 15 is 0 Å². The lowest BCUT2D eigenvalue weighted by molar-refractivity contribution is -0.115. The monoisotopic (exact) mass is 399 g/mol. The van der Waals surface area contributed by atoms with E-state index in [1.807, 2.05) is 23.6 Å². The Bertz CT molecular complexity index is 927. The molecule has 0 aliphatic carbocycles. The predicted molar refractivity (Wildman–Crippen MR) is 109 cm³/mol. The SMILES string of the molecule is C=CCn1c(SC(C)C(=O)Nc2ccc(Cl)cc2)nnc1-c1ccncc1. The summed E-state index contributed by atoms with van der Waals surface area (Å²) in [6.45, 7) is 6.17. The van der Waals surface area contributed by atoms with Crippen LogP contribution in [-0.2, 0) is 11.3 Å². The topological polar surface area (TPSA) is 72.7 Å². The van der Waals surface area contributed by atoms with Gasteiger partial charge in [0, 0.05) is 35.2 Å². The molecule has 6 nitrogen and oxygen atoms in total. The summed E-state index contributed by atoms with van der Waals surface area (Å²) in [6, 6.07) is 10.7. The molecular weight excluding hydrogens is 382 g/mol. The zero-order valence-electron chi connectivity index (χ0n) is 14.7. The number of carbonyl (C=O) groups excluding carboxylic acids is 1. The van der Waals surface area contributed by atoms with Crippen LogP contribution in [0.2, 0.25) is 5.02 Å². The smallest absolute Gasteiger partial charge is 0.237 e. The Kier molecular flexibility index (Phi) is 6.26. The quantitative estimate of drug-likeness (QED) is 0.473. The van der Waals surface area contributed by atoms with Gasteiger partial charge in [0.05, 0.1) is 5.25 Å². The number of halogens is 1. The van der Waals surface area contributed by atoms with Crippen LogP contribution in [0, 0.1) is 0 Å². The molecule has 0 saturated heterocycles. The summed E-state index contributed by atoms with van der Waals surface area (Å²) in [5, 5.41) is 12.3. The summed E-state index contributed by atoms with van der Waals surface area (Å²) in [4.78, 5) is 16.5. The molecule has 1 N–H and O–H groups in total. The highest BCUT2D eigenvalue weighted by Crippen LogP contribution is 2.27. The zero-order chi connectivity index (χ0) is 19.2. The number of benzene rings is 1. The molecule has 138 valence electrons. The van der Waals surface area contributed by atoms with Crippen molar-refractivity contribution < 1.29 is 4.79 Å². The molecule has 8 heteroatoms. The number of amides is 1. The van der Waals surface area contributed by atoms with E-state index in [2.05, 4.69) is 27.1 Å². The Morgan fingerprint density at radius 2 is 1.96 bits per heavy atom. The maximum atomic E-state index is 12.5. The predicted octanol–water partition coefficient (Wildman–Crippen LogP) is 4.30. The molecule has 0 radical (unpaired) electrons. The molecule has 1 amide bonds. The summed E-state index contributed by atoms with van der Waals surface area (Å²) in [6.07, 6.45) is 5.19. The molecule has 2 heterocycles. The average molecular weight is 400 g/mol. The Balaban J connectivity index is 1.76.